The first-order valence-corrected chi connectivity index (χ1v) is 9.47. The topological polar surface area (TPSA) is 78.9 Å². The van der Waals surface area contributed by atoms with Crippen molar-refractivity contribution in [2.24, 2.45) is 0 Å². The summed E-state index contributed by atoms with van der Waals surface area (Å²) in [7, 11) is 6.27. The molecule has 3 aromatic rings. The van der Waals surface area contributed by atoms with Gasteiger partial charge in [-0.2, -0.15) is 0 Å². The van der Waals surface area contributed by atoms with Crippen molar-refractivity contribution in [3.05, 3.63) is 71.5 Å². The summed E-state index contributed by atoms with van der Waals surface area (Å²) in [6, 6.07) is 12.6. The van der Waals surface area contributed by atoms with E-state index in [2.05, 4.69) is 10.3 Å². The Balaban J connectivity index is 1.88. The second-order valence-electron chi connectivity index (χ2n) is 6.45. The Bertz CT molecular complexity index is 1060. The highest BCUT2D eigenvalue weighted by atomic mass is 16.5. The van der Waals surface area contributed by atoms with Gasteiger partial charge in [0.25, 0.3) is 5.91 Å². The van der Waals surface area contributed by atoms with E-state index in [9.17, 15) is 4.79 Å². The van der Waals surface area contributed by atoms with Crippen molar-refractivity contribution < 1.29 is 23.7 Å². The van der Waals surface area contributed by atoms with E-state index in [-0.39, 0.29) is 5.91 Å². The standard InChI is InChI=1S/C24H24N2O5/c1-28-20-10-9-16(12-19(20)26-24(27)18-6-5-11-25-15-18)7-8-17-13-21(29-2)23(31-4)22(14-17)30-3/h5-15H,1-4H3,(H,26,27)/b8-7-. The summed E-state index contributed by atoms with van der Waals surface area (Å²) in [6.07, 6.45) is 6.96. The van der Waals surface area contributed by atoms with Crippen molar-refractivity contribution in [2.45, 2.75) is 0 Å². The van der Waals surface area contributed by atoms with Crippen LogP contribution in [-0.4, -0.2) is 39.3 Å². The first kappa shape index (κ1) is 21.7. The number of hydrogen-bond donors (Lipinski definition) is 1. The number of carbonyl (C=O) groups excluding carboxylic acids is 1. The van der Waals surface area contributed by atoms with E-state index in [1.807, 2.05) is 36.4 Å². The fourth-order valence-corrected chi connectivity index (χ4v) is 3.01. The van der Waals surface area contributed by atoms with Crippen LogP contribution in [0.15, 0.2) is 54.9 Å². The molecule has 0 aliphatic heterocycles. The summed E-state index contributed by atoms with van der Waals surface area (Å²) in [5, 5.41) is 2.87. The molecule has 1 N–H and O–H groups in total. The third-order valence-corrected chi connectivity index (χ3v) is 4.55. The lowest BCUT2D eigenvalue weighted by molar-refractivity contribution is 0.102. The molecule has 1 aromatic heterocycles. The lowest BCUT2D eigenvalue weighted by Gasteiger charge is -2.13. The number of pyridine rings is 1. The smallest absolute Gasteiger partial charge is 0.257 e. The Morgan fingerprint density at radius 1 is 0.839 bits per heavy atom. The number of hydrogen-bond acceptors (Lipinski definition) is 6. The Labute approximate surface area is 181 Å². The van der Waals surface area contributed by atoms with Crippen LogP contribution in [0, 0.1) is 0 Å². The third kappa shape index (κ3) is 5.14. The number of nitrogens with one attached hydrogen (secondary N) is 1. The Kier molecular flexibility index (Phi) is 7.11. The molecule has 0 fully saturated rings. The van der Waals surface area contributed by atoms with Crippen LogP contribution >= 0.6 is 0 Å². The van der Waals surface area contributed by atoms with E-state index in [1.165, 1.54) is 6.20 Å². The molecular weight excluding hydrogens is 396 g/mol. The number of carbonyl (C=O) groups is 1. The number of rotatable bonds is 8. The second kappa shape index (κ2) is 10.2. The highest BCUT2D eigenvalue weighted by molar-refractivity contribution is 6.05. The van der Waals surface area contributed by atoms with Crippen molar-refractivity contribution in [3.8, 4) is 23.0 Å². The quantitative estimate of drug-likeness (QED) is 0.539. The van der Waals surface area contributed by atoms with Crippen LogP contribution in [0.4, 0.5) is 5.69 Å². The van der Waals surface area contributed by atoms with Crippen LogP contribution in [0.3, 0.4) is 0 Å². The highest BCUT2D eigenvalue weighted by Crippen LogP contribution is 2.38. The Morgan fingerprint density at radius 3 is 2.10 bits per heavy atom. The molecule has 0 unspecified atom stereocenters. The largest absolute Gasteiger partial charge is 0.495 e. The van der Waals surface area contributed by atoms with Crippen LogP contribution in [-0.2, 0) is 0 Å². The van der Waals surface area contributed by atoms with Crippen molar-refractivity contribution in [1.29, 1.82) is 0 Å². The first-order valence-electron chi connectivity index (χ1n) is 9.47. The predicted molar refractivity (Wildman–Crippen MR) is 120 cm³/mol. The predicted octanol–water partition coefficient (Wildman–Crippen LogP) is 4.54. The van der Waals surface area contributed by atoms with Crippen LogP contribution in [0.2, 0.25) is 0 Å². The van der Waals surface area contributed by atoms with Crippen molar-refractivity contribution in [3.63, 3.8) is 0 Å². The number of anilines is 1. The van der Waals surface area contributed by atoms with Crippen LogP contribution in [0.1, 0.15) is 21.5 Å². The van der Waals surface area contributed by atoms with Gasteiger partial charge in [0.05, 0.1) is 39.7 Å². The number of benzene rings is 2. The molecule has 7 heteroatoms. The minimum Gasteiger partial charge on any atom is -0.495 e. The summed E-state index contributed by atoms with van der Waals surface area (Å²) in [6.45, 7) is 0. The van der Waals surface area contributed by atoms with Gasteiger partial charge in [-0.25, -0.2) is 0 Å². The molecule has 0 aliphatic rings. The van der Waals surface area contributed by atoms with Crippen LogP contribution < -0.4 is 24.3 Å². The van der Waals surface area contributed by atoms with Crippen molar-refractivity contribution in [2.75, 3.05) is 33.8 Å². The molecule has 31 heavy (non-hydrogen) atoms. The monoisotopic (exact) mass is 420 g/mol. The van der Waals surface area contributed by atoms with Gasteiger partial charge in [-0.1, -0.05) is 18.2 Å². The molecule has 1 amide bonds. The van der Waals surface area contributed by atoms with E-state index >= 15 is 0 Å². The van der Waals surface area contributed by atoms with Gasteiger partial charge < -0.3 is 24.3 Å². The Hall–Kier alpha value is -4.00. The summed E-state index contributed by atoms with van der Waals surface area (Å²) < 4.78 is 21.5. The average Bonchev–Trinajstić information content (AvgIpc) is 2.82. The molecule has 160 valence electrons. The summed E-state index contributed by atoms with van der Waals surface area (Å²) >= 11 is 0. The van der Waals surface area contributed by atoms with E-state index in [0.717, 1.165) is 11.1 Å². The molecule has 7 nitrogen and oxygen atoms in total. The fraction of sp³-hybridized carbons (Fsp3) is 0.167. The van der Waals surface area contributed by atoms with E-state index in [1.54, 1.807) is 52.8 Å². The second-order valence-corrected chi connectivity index (χ2v) is 6.45. The zero-order valence-electron chi connectivity index (χ0n) is 17.8. The minimum atomic E-state index is -0.267. The Morgan fingerprint density at radius 2 is 1.52 bits per heavy atom. The maximum atomic E-state index is 12.5. The summed E-state index contributed by atoms with van der Waals surface area (Å²) in [5.74, 6) is 1.97. The lowest BCUT2D eigenvalue weighted by Crippen LogP contribution is -2.12. The maximum absolute atomic E-state index is 12.5. The molecule has 2 aromatic carbocycles. The molecule has 0 saturated heterocycles. The number of amides is 1. The molecule has 0 radical (unpaired) electrons. The van der Waals surface area contributed by atoms with Gasteiger partial charge >= 0.3 is 0 Å². The van der Waals surface area contributed by atoms with E-state index < -0.39 is 0 Å². The minimum absolute atomic E-state index is 0.267. The van der Waals surface area contributed by atoms with Crippen LogP contribution in [0.5, 0.6) is 23.0 Å². The van der Waals surface area contributed by atoms with E-state index in [0.29, 0.717) is 34.2 Å². The fourth-order valence-electron chi connectivity index (χ4n) is 3.01. The molecule has 0 spiro atoms. The van der Waals surface area contributed by atoms with Gasteiger partial charge in [0.1, 0.15) is 5.75 Å². The number of nitrogens with zero attached hydrogens (tertiary/aromatic N) is 1. The lowest BCUT2D eigenvalue weighted by atomic mass is 10.1. The highest BCUT2D eigenvalue weighted by Gasteiger charge is 2.13. The average molecular weight is 420 g/mol. The van der Waals surface area contributed by atoms with Gasteiger partial charge in [0.2, 0.25) is 5.75 Å². The van der Waals surface area contributed by atoms with Crippen LogP contribution in [0.25, 0.3) is 12.2 Å². The third-order valence-electron chi connectivity index (χ3n) is 4.55. The first-order chi connectivity index (χ1) is 15.1. The van der Waals surface area contributed by atoms with Gasteiger partial charge in [-0.05, 0) is 47.5 Å². The molecule has 0 saturated carbocycles. The SMILES string of the molecule is COc1ccc(/C=C\c2cc(OC)c(OC)c(OC)c2)cc1NC(=O)c1cccnc1. The zero-order chi connectivity index (χ0) is 22.2. The number of ether oxygens (including phenoxy) is 4. The van der Waals surface area contributed by atoms with E-state index in [4.69, 9.17) is 18.9 Å². The summed E-state index contributed by atoms with van der Waals surface area (Å²) in [4.78, 5) is 16.5. The molecule has 3 rings (SSSR count). The van der Waals surface area contributed by atoms with Gasteiger partial charge in [0.15, 0.2) is 11.5 Å². The molecule has 0 bridgehead atoms. The molecule has 0 atom stereocenters. The van der Waals surface area contributed by atoms with Gasteiger partial charge in [-0.15, -0.1) is 0 Å². The summed E-state index contributed by atoms with van der Waals surface area (Å²) in [5.41, 5.74) is 2.76. The van der Waals surface area contributed by atoms with Crippen molar-refractivity contribution >= 4 is 23.7 Å². The van der Waals surface area contributed by atoms with Crippen molar-refractivity contribution in [1.82, 2.24) is 4.98 Å². The number of aromatic nitrogens is 1. The zero-order valence-corrected chi connectivity index (χ0v) is 17.8. The molecule has 1 heterocycles. The van der Waals surface area contributed by atoms with Gasteiger partial charge in [0, 0.05) is 12.4 Å². The molecule has 0 aliphatic carbocycles. The normalized spacial score (nSPS) is 10.6. The number of methoxy groups -OCH3 is 4. The maximum Gasteiger partial charge on any atom is 0.257 e. The van der Waals surface area contributed by atoms with Gasteiger partial charge in [-0.3, -0.25) is 9.78 Å². The molecular formula is C24H24N2O5.